The van der Waals surface area contributed by atoms with Crippen molar-refractivity contribution in [1.29, 1.82) is 5.26 Å². The van der Waals surface area contributed by atoms with Gasteiger partial charge >= 0.3 is 0 Å². The lowest BCUT2D eigenvalue weighted by atomic mass is 10.1. The Balaban J connectivity index is 2.01. The zero-order valence-electron chi connectivity index (χ0n) is 13.1. The van der Waals surface area contributed by atoms with Crippen LogP contribution in [-0.2, 0) is 0 Å². The van der Waals surface area contributed by atoms with Crippen molar-refractivity contribution in [1.82, 2.24) is 0 Å². The van der Waals surface area contributed by atoms with Gasteiger partial charge in [-0.05, 0) is 30.3 Å². The van der Waals surface area contributed by atoms with Crippen molar-refractivity contribution in [3.05, 3.63) is 86.1 Å². The van der Waals surface area contributed by atoms with Gasteiger partial charge in [-0.1, -0.05) is 41.4 Å². The molecular weight excluding hydrogens is 375 g/mol. The number of nitriles is 1. The molecule has 0 radical (unpaired) electrons. The van der Waals surface area contributed by atoms with Crippen LogP contribution in [0.1, 0.15) is 11.3 Å². The van der Waals surface area contributed by atoms with Crippen molar-refractivity contribution < 1.29 is 9.34 Å². The maximum atomic E-state index is 10.9. The molecule has 3 aromatic rings. The molecule has 0 saturated carbocycles. The summed E-state index contributed by atoms with van der Waals surface area (Å²) >= 11 is 12.3. The van der Waals surface area contributed by atoms with E-state index in [1.165, 1.54) is 18.2 Å². The van der Waals surface area contributed by atoms with Crippen LogP contribution in [0.5, 0.6) is 0 Å². The van der Waals surface area contributed by atoms with Crippen LogP contribution < -0.4 is 0 Å². The van der Waals surface area contributed by atoms with Gasteiger partial charge in [-0.15, -0.1) is 0 Å². The summed E-state index contributed by atoms with van der Waals surface area (Å²) in [6.07, 6.45) is 1.55. The molecule has 0 saturated heterocycles. The van der Waals surface area contributed by atoms with Gasteiger partial charge in [-0.3, -0.25) is 10.1 Å². The number of rotatable bonds is 4. The number of nitrogens with zero attached hydrogens (tertiary/aromatic N) is 2. The van der Waals surface area contributed by atoms with Crippen LogP contribution in [0.2, 0.25) is 10.0 Å². The van der Waals surface area contributed by atoms with Gasteiger partial charge in [0, 0.05) is 28.3 Å². The van der Waals surface area contributed by atoms with E-state index < -0.39 is 4.92 Å². The Morgan fingerprint density at radius 1 is 1.12 bits per heavy atom. The summed E-state index contributed by atoms with van der Waals surface area (Å²) in [5.41, 5.74) is 1.23. The second-order valence-electron chi connectivity index (χ2n) is 5.27. The molecule has 128 valence electrons. The minimum atomic E-state index is -0.505. The standard InChI is InChI=1S/C19H10Cl2N2O3/c20-17-4-2-1-3-15(17)12(11-22)9-14-6-8-19(26-14)16-10-13(23(24)25)5-7-18(16)21/h1-10H. The van der Waals surface area contributed by atoms with Crippen molar-refractivity contribution in [2.24, 2.45) is 0 Å². The Bertz CT molecular complexity index is 1060. The molecule has 2 aromatic carbocycles. The Morgan fingerprint density at radius 3 is 2.58 bits per heavy atom. The number of nitro groups is 1. The van der Waals surface area contributed by atoms with E-state index in [1.54, 1.807) is 42.5 Å². The van der Waals surface area contributed by atoms with Crippen molar-refractivity contribution in [2.45, 2.75) is 0 Å². The van der Waals surface area contributed by atoms with Crippen LogP contribution >= 0.6 is 23.2 Å². The summed E-state index contributed by atoms with van der Waals surface area (Å²) in [5.74, 6) is 0.764. The molecule has 0 aliphatic heterocycles. The van der Waals surface area contributed by atoms with Gasteiger partial charge in [0.25, 0.3) is 5.69 Å². The minimum Gasteiger partial charge on any atom is -0.457 e. The van der Waals surface area contributed by atoms with Crippen molar-refractivity contribution in [3.63, 3.8) is 0 Å². The predicted octanol–water partition coefficient (Wildman–Crippen LogP) is 6.23. The average molecular weight is 385 g/mol. The third-order valence-electron chi connectivity index (χ3n) is 3.62. The number of furan rings is 1. The Hall–Kier alpha value is -3.07. The normalized spacial score (nSPS) is 11.2. The van der Waals surface area contributed by atoms with E-state index in [9.17, 15) is 15.4 Å². The summed E-state index contributed by atoms with van der Waals surface area (Å²) in [6, 6.07) is 16.5. The molecule has 0 atom stereocenters. The van der Waals surface area contributed by atoms with Crippen LogP contribution in [0.3, 0.4) is 0 Å². The fourth-order valence-electron chi connectivity index (χ4n) is 2.38. The van der Waals surface area contributed by atoms with Crippen molar-refractivity contribution in [2.75, 3.05) is 0 Å². The van der Waals surface area contributed by atoms with E-state index in [0.717, 1.165) is 0 Å². The van der Waals surface area contributed by atoms with E-state index in [-0.39, 0.29) is 5.69 Å². The molecule has 0 bridgehead atoms. The number of benzene rings is 2. The lowest BCUT2D eigenvalue weighted by Gasteiger charge is -2.02. The number of halogens is 2. The summed E-state index contributed by atoms with van der Waals surface area (Å²) in [5, 5.41) is 21.1. The second kappa shape index (κ2) is 7.44. The van der Waals surface area contributed by atoms with Gasteiger partial charge in [-0.2, -0.15) is 5.26 Å². The molecule has 0 spiro atoms. The van der Waals surface area contributed by atoms with Gasteiger partial charge in [-0.25, -0.2) is 0 Å². The lowest BCUT2D eigenvalue weighted by Crippen LogP contribution is -1.88. The molecular formula is C19H10Cl2N2O3. The monoisotopic (exact) mass is 384 g/mol. The van der Waals surface area contributed by atoms with Gasteiger partial charge in [0.2, 0.25) is 0 Å². The van der Waals surface area contributed by atoms with E-state index in [2.05, 4.69) is 6.07 Å². The molecule has 1 aromatic heterocycles. The SMILES string of the molecule is N#CC(=Cc1ccc(-c2cc([N+](=O)[O-])ccc2Cl)o1)c1ccccc1Cl. The molecule has 5 nitrogen and oxygen atoms in total. The zero-order valence-corrected chi connectivity index (χ0v) is 14.7. The Labute approximate surface area is 158 Å². The third-order valence-corrected chi connectivity index (χ3v) is 4.28. The summed E-state index contributed by atoms with van der Waals surface area (Å²) < 4.78 is 5.70. The van der Waals surface area contributed by atoms with Gasteiger partial charge < -0.3 is 4.42 Å². The van der Waals surface area contributed by atoms with Crippen LogP contribution in [0, 0.1) is 21.4 Å². The lowest BCUT2D eigenvalue weighted by molar-refractivity contribution is -0.384. The number of nitro benzene ring substituents is 1. The maximum absolute atomic E-state index is 10.9. The highest BCUT2D eigenvalue weighted by molar-refractivity contribution is 6.33. The minimum absolute atomic E-state index is 0.0910. The largest absolute Gasteiger partial charge is 0.457 e. The molecule has 0 amide bonds. The first-order valence-electron chi connectivity index (χ1n) is 7.40. The molecule has 26 heavy (non-hydrogen) atoms. The highest BCUT2D eigenvalue weighted by Crippen LogP contribution is 2.33. The summed E-state index contributed by atoms with van der Waals surface area (Å²) in [4.78, 5) is 10.4. The molecule has 0 N–H and O–H groups in total. The quantitative estimate of drug-likeness (QED) is 0.303. The number of allylic oxidation sites excluding steroid dienone is 1. The highest BCUT2D eigenvalue weighted by Gasteiger charge is 2.14. The molecule has 0 fully saturated rings. The first-order valence-corrected chi connectivity index (χ1v) is 8.16. The summed E-state index contributed by atoms with van der Waals surface area (Å²) in [6.45, 7) is 0. The van der Waals surface area contributed by atoms with Crippen molar-refractivity contribution >= 4 is 40.5 Å². The van der Waals surface area contributed by atoms with E-state index in [1.807, 2.05) is 0 Å². The van der Waals surface area contributed by atoms with Crippen LogP contribution in [-0.4, -0.2) is 4.92 Å². The molecule has 0 aliphatic rings. The molecule has 1 heterocycles. The smallest absolute Gasteiger partial charge is 0.270 e. The first kappa shape index (κ1) is 17.7. The maximum Gasteiger partial charge on any atom is 0.270 e. The van der Waals surface area contributed by atoms with Crippen LogP contribution in [0.25, 0.3) is 23.0 Å². The predicted molar refractivity (Wildman–Crippen MR) is 101 cm³/mol. The third kappa shape index (κ3) is 3.62. The van der Waals surface area contributed by atoms with Crippen LogP contribution in [0.15, 0.2) is 59.0 Å². The summed E-state index contributed by atoms with van der Waals surface area (Å²) in [7, 11) is 0. The zero-order chi connectivity index (χ0) is 18.7. The molecule has 3 rings (SSSR count). The molecule has 7 heteroatoms. The fourth-order valence-corrected chi connectivity index (χ4v) is 2.83. The number of non-ortho nitro benzene ring substituents is 1. The van der Waals surface area contributed by atoms with Gasteiger partial charge in [0.15, 0.2) is 0 Å². The average Bonchev–Trinajstić information content (AvgIpc) is 3.09. The number of hydrogen-bond donors (Lipinski definition) is 0. The molecule has 0 unspecified atom stereocenters. The molecule has 0 aliphatic carbocycles. The van der Waals surface area contributed by atoms with E-state index >= 15 is 0 Å². The second-order valence-corrected chi connectivity index (χ2v) is 6.09. The fraction of sp³-hybridized carbons (Fsp3) is 0. The Morgan fingerprint density at radius 2 is 1.88 bits per heavy atom. The van der Waals surface area contributed by atoms with Gasteiger partial charge in [0.05, 0.1) is 21.6 Å². The first-order chi connectivity index (χ1) is 12.5. The Kier molecular flexibility index (Phi) is 5.08. The highest BCUT2D eigenvalue weighted by atomic mass is 35.5. The van der Waals surface area contributed by atoms with Crippen LogP contribution in [0.4, 0.5) is 5.69 Å². The topological polar surface area (TPSA) is 80.1 Å². The van der Waals surface area contributed by atoms with Gasteiger partial charge in [0.1, 0.15) is 11.5 Å². The number of hydrogen-bond acceptors (Lipinski definition) is 4. The van der Waals surface area contributed by atoms with Crippen molar-refractivity contribution in [3.8, 4) is 17.4 Å². The van der Waals surface area contributed by atoms with E-state index in [4.69, 9.17) is 27.6 Å². The van der Waals surface area contributed by atoms with E-state index in [0.29, 0.717) is 38.3 Å².